The average Bonchev–Trinajstić information content (AvgIpc) is 3.01. The molecule has 2 aliphatic rings. The Labute approximate surface area is 93.6 Å². The van der Waals surface area contributed by atoms with Gasteiger partial charge >= 0.3 is 0 Å². The highest BCUT2D eigenvalue weighted by molar-refractivity contribution is 4.91. The Morgan fingerprint density at radius 3 is 3.07 bits per heavy atom. The van der Waals surface area contributed by atoms with Gasteiger partial charge in [0.1, 0.15) is 0 Å². The minimum absolute atomic E-state index is 0.847. The number of rotatable bonds is 5. The maximum atomic E-state index is 3.66. The molecule has 2 atom stereocenters. The van der Waals surface area contributed by atoms with Gasteiger partial charge in [-0.1, -0.05) is 13.3 Å². The zero-order valence-electron chi connectivity index (χ0n) is 9.97. The molecule has 3 nitrogen and oxygen atoms in total. The van der Waals surface area contributed by atoms with Crippen LogP contribution in [-0.4, -0.2) is 50.2 Å². The smallest absolute Gasteiger partial charge is 0.0107 e. The first-order valence-electron chi connectivity index (χ1n) is 6.56. The van der Waals surface area contributed by atoms with Crippen molar-refractivity contribution >= 4 is 0 Å². The highest BCUT2D eigenvalue weighted by Gasteiger charge is 2.34. The normalized spacial score (nSPS) is 32.6. The summed E-state index contributed by atoms with van der Waals surface area (Å²) < 4.78 is 0. The second-order valence-electron chi connectivity index (χ2n) is 4.91. The van der Waals surface area contributed by atoms with Crippen LogP contribution in [0.5, 0.6) is 0 Å². The van der Waals surface area contributed by atoms with Gasteiger partial charge < -0.3 is 15.5 Å². The van der Waals surface area contributed by atoms with E-state index in [1.807, 2.05) is 0 Å². The van der Waals surface area contributed by atoms with E-state index in [1.165, 1.54) is 58.5 Å². The molecule has 0 aromatic heterocycles. The third-order valence-electron chi connectivity index (χ3n) is 3.71. The van der Waals surface area contributed by atoms with Crippen LogP contribution < -0.4 is 10.6 Å². The fourth-order valence-corrected chi connectivity index (χ4v) is 2.48. The van der Waals surface area contributed by atoms with Crippen molar-refractivity contribution in [3.05, 3.63) is 0 Å². The van der Waals surface area contributed by atoms with Gasteiger partial charge in [-0.15, -0.1) is 0 Å². The third-order valence-corrected chi connectivity index (χ3v) is 3.71. The summed E-state index contributed by atoms with van der Waals surface area (Å²) in [5.74, 6) is 0.982. The largest absolute Gasteiger partial charge is 0.315 e. The second-order valence-corrected chi connectivity index (χ2v) is 4.91. The van der Waals surface area contributed by atoms with Gasteiger partial charge in [0.25, 0.3) is 0 Å². The van der Waals surface area contributed by atoms with Crippen LogP contribution >= 0.6 is 0 Å². The lowest BCUT2D eigenvalue weighted by atomic mass is 10.3. The molecule has 0 bridgehead atoms. The van der Waals surface area contributed by atoms with Gasteiger partial charge in [0.15, 0.2) is 0 Å². The van der Waals surface area contributed by atoms with Gasteiger partial charge in [-0.3, -0.25) is 0 Å². The SMILES string of the molecule is CCC1CC1NCCN1CCCNCC1. The quantitative estimate of drug-likeness (QED) is 0.700. The molecule has 0 radical (unpaired) electrons. The molecule has 3 heteroatoms. The lowest BCUT2D eigenvalue weighted by molar-refractivity contribution is 0.290. The molecule has 15 heavy (non-hydrogen) atoms. The molecule has 1 aliphatic heterocycles. The van der Waals surface area contributed by atoms with Crippen molar-refractivity contribution in [2.75, 3.05) is 39.3 Å². The van der Waals surface area contributed by atoms with E-state index < -0.39 is 0 Å². The van der Waals surface area contributed by atoms with Gasteiger partial charge in [-0.25, -0.2) is 0 Å². The molecule has 88 valence electrons. The summed E-state index contributed by atoms with van der Waals surface area (Å²) >= 11 is 0. The Bertz CT molecular complexity index is 176. The summed E-state index contributed by atoms with van der Waals surface area (Å²) in [7, 11) is 0. The van der Waals surface area contributed by atoms with Crippen molar-refractivity contribution in [2.45, 2.75) is 32.2 Å². The monoisotopic (exact) mass is 211 g/mol. The summed E-state index contributed by atoms with van der Waals surface area (Å²) in [5, 5.41) is 7.11. The molecule has 1 heterocycles. The molecule has 1 saturated heterocycles. The topological polar surface area (TPSA) is 27.3 Å². The molecule has 2 unspecified atom stereocenters. The molecule has 0 aromatic carbocycles. The van der Waals surface area contributed by atoms with E-state index in [2.05, 4.69) is 22.5 Å². The van der Waals surface area contributed by atoms with E-state index in [-0.39, 0.29) is 0 Å². The van der Waals surface area contributed by atoms with E-state index in [0.717, 1.165) is 12.0 Å². The number of nitrogens with one attached hydrogen (secondary N) is 2. The summed E-state index contributed by atoms with van der Waals surface area (Å²) in [4.78, 5) is 2.58. The standard InChI is InChI=1S/C12H25N3/c1-2-11-10-12(11)14-6-9-15-7-3-4-13-5-8-15/h11-14H,2-10H2,1H3. The number of hydrogen-bond donors (Lipinski definition) is 2. The first-order valence-corrected chi connectivity index (χ1v) is 6.56. The van der Waals surface area contributed by atoms with Gasteiger partial charge in [0.05, 0.1) is 0 Å². The fourth-order valence-electron chi connectivity index (χ4n) is 2.48. The molecule has 2 rings (SSSR count). The maximum absolute atomic E-state index is 3.66. The van der Waals surface area contributed by atoms with E-state index in [4.69, 9.17) is 0 Å². The predicted molar refractivity (Wildman–Crippen MR) is 64.1 cm³/mol. The van der Waals surface area contributed by atoms with Crippen molar-refractivity contribution < 1.29 is 0 Å². The van der Waals surface area contributed by atoms with Crippen LogP contribution in [0.3, 0.4) is 0 Å². The highest BCUT2D eigenvalue weighted by Crippen LogP contribution is 2.32. The van der Waals surface area contributed by atoms with Crippen LogP contribution in [0, 0.1) is 5.92 Å². The average molecular weight is 211 g/mol. The van der Waals surface area contributed by atoms with Gasteiger partial charge in [0.2, 0.25) is 0 Å². The Balaban J connectivity index is 1.53. The van der Waals surface area contributed by atoms with E-state index in [0.29, 0.717) is 0 Å². The zero-order chi connectivity index (χ0) is 10.5. The summed E-state index contributed by atoms with van der Waals surface area (Å²) in [6.07, 6.45) is 4.07. The Morgan fingerprint density at radius 1 is 1.33 bits per heavy atom. The highest BCUT2D eigenvalue weighted by atomic mass is 15.2. The fraction of sp³-hybridized carbons (Fsp3) is 1.00. The van der Waals surface area contributed by atoms with Crippen molar-refractivity contribution in [3.8, 4) is 0 Å². The third kappa shape index (κ3) is 3.74. The predicted octanol–water partition coefficient (Wildman–Crippen LogP) is 0.670. The first-order chi connectivity index (χ1) is 7.40. The second kappa shape index (κ2) is 5.83. The molecule has 2 fully saturated rings. The van der Waals surface area contributed by atoms with E-state index in [1.54, 1.807) is 0 Å². The zero-order valence-corrected chi connectivity index (χ0v) is 9.97. The lowest BCUT2D eigenvalue weighted by Crippen LogP contribution is -2.35. The Kier molecular flexibility index (Phi) is 4.42. The van der Waals surface area contributed by atoms with Crippen LogP contribution in [0.25, 0.3) is 0 Å². The van der Waals surface area contributed by atoms with Crippen LogP contribution in [0.4, 0.5) is 0 Å². The van der Waals surface area contributed by atoms with Crippen molar-refractivity contribution in [2.24, 2.45) is 5.92 Å². The van der Waals surface area contributed by atoms with Gasteiger partial charge in [-0.05, 0) is 31.8 Å². The molecule has 1 saturated carbocycles. The van der Waals surface area contributed by atoms with E-state index in [9.17, 15) is 0 Å². The van der Waals surface area contributed by atoms with Gasteiger partial charge in [-0.2, -0.15) is 0 Å². The molecule has 1 aliphatic carbocycles. The number of nitrogens with zero attached hydrogens (tertiary/aromatic N) is 1. The Hall–Kier alpha value is -0.120. The van der Waals surface area contributed by atoms with Crippen molar-refractivity contribution in [3.63, 3.8) is 0 Å². The van der Waals surface area contributed by atoms with E-state index >= 15 is 0 Å². The maximum Gasteiger partial charge on any atom is 0.0107 e. The van der Waals surface area contributed by atoms with Crippen molar-refractivity contribution in [1.82, 2.24) is 15.5 Å². The Morgan fingerprint density at radius 2 is 2.27 bits per heavy atom. The number of hydrogen-bond acceptors (Lipinski definition) is 3. The molecular weight excluding hydrogens is 186 g/mol. The first kappa shape index (κ1) is 11.4. The van der Waals surface area contributed by atoms with Crippen LogP contribution in [0.15, 0.2) is 0 Å². The summed E-state index contributed by atoms with van der Waals surface area (Å²) in [5.41, 5.74) is 0. The lowest BCUT2D eigenvalue weighted by Gasteiger charge is -2.19. The molecule has 0 spiro atoms. The molecule has 0 aromatic rings. The summed E-state index contributed by atoms with van der Waals surface area (Å²) in [6, 6.07) is 0.847. The molecule has 0 amide bonds. The molecular formula is C12H25N3. The summed E-state index contributed by atoms with van der Waals surface area (Å²) in [6.45, 7) is 9.58. The minimum Gasteiger partial charge on any atom is -0.315 e. The van der Waals surface area contributed by atoms with Crippen LogP contribution in [-0.2, 0) is 0 Å². The van der Waals surface area contributed by atoms with Crippen molar-refractivity contribution in [1.29, 1.82) is 0 Å². The van der Waals surface area contributed by atoms with Crippen LogP contribution in [0.1, 0.15) is 26.2 Å². The minimum atomic E-state index is 0.847. The van der Waals surface area contributed by atoms with Crippen LogP contribution in [0.2, 0.25) is 0 Å². The van der Waals surface area contributed by atoms with Gasteiger partial charge in [0, 0.05) is 32.2 Å². The molecule has 2 N–H and O–H groups in total.